The summed E-state index contributed by atoms with van der Waals surface area (Å²) in [5.41, 5.74) is -0.523. The van der Waals surface area contributed by atoms with E-state index in [1.807, 2.05) is 20.8 Å². The zero-order valence-electron chi connectivity index (χ0n) is 22.8. The molecule has 0 bridgehead atoms. The van der Waals surface area contributed by atoms with Gasteiger partial charge in [-0.15, -0.1) is 0 Å². The molecular formula is C30H49ClO4. The summed E-state index contributed by atoms with van der Waals surface area (Å²) >= 11 is 5.99. The normalized spacial score (nSPS) is 11.5. The predicted molar refractivity (Wildman–Crippen MR) is 146 cm³/mol. The van der Waals surface area contributed by atoms with Crippen LogP contribution in [-0.4, -0.2) is 18.5 Å². The molecular weight excluding hydrogens is 460 g/mol. The van der Waals surface area contributed by atoms with Crippen molar-refractivity contribution in [2.24, 2.45) is 5.41 Å². The van der Waals surface area contributed by atoms with Crippen LogP contribution in [-0.2, 0) is 14.3 Å². The van der Waals surface area contributed by atoms with Crippen LogP contribution >= 0.6 is 11.6 Å². The van der Waals surface area contributed by atoms with Crippen molar-refractivity contribution in [3.05, 3.63) is 28.8 Å². The molecule has 0 fully saturated rings. The molecule has 0 radical (unpaired) electrons. The average Bonchev–Trinajstić information content (AvgIpc) is 2.84. The van der Waals surface area contributed by atoms with Gasteiger partial charge in [-0.2, -0.15) is 0 Å². The maximum atomic E-state index is 13.0. The summed E-state index contributed by atoms with van der Waals surface area (Å²) in [7, 11) is 0. The Morgan fingerprint density at radius 3 is 1.69 bits per heavy atom. The fraction of sp³-hybridized carbons (Fsp3) is 0.733. The van der Waals surface area contributed by atoms with Crippen molar-refractivity contribution in [3.8, 4) is 5.75 Å². The van der Waals surface area contributed by atoms with Crippen LogP contribution in [0.2, 0.25) is 5.02 Å². The van der Waals surface area contributed by atoms with Crippen LogP contribution in [0.5, 0.6) is 5.75 Å². The average molecular weight is 509 g/mol. The van der Waals surface area contributed by atoms with Gasteiger partial charge < -0.3 is 9.47 Å². The highest BCUT2D eigenvalue weighted by Gasteiger charge is 2.46. The molecule has 0 N–H and O–H groups in total. The summed E-state index contributed by atoms with van der Waals surface area (Å²) in [4.78, 5) is 25.9. The van der Waals surface area contributed by atoms with E-state index in [9.17, 15) is 9.59 Å². The van der Waals surface area contributed by atoms with Gasteiger partial charge in [-0.3, -0.25) is 9.59 Å². The van der Waals surface area contributed by atoms with Crippen molar-refractivity contribution >= 4 is 23.5 Å². The standard InChI is InChI=1S/C30H49ClO4/c1-5-8-9-10-11-12-13-14-15-16-17-18-19-20-23-34-28(32)30(6-2,7-3)29(33)35-27-22-21-26(31)24-25(27)4/h21-22,24H,5-20,23H2,1-4H3. The molecule has 0 amide bonds. The third-order valence-electron chi connectivity index (χ3n) is 7.06. The molecule has 0 saturated carbocycles. The van der Waals surface area contributed by atoms with Crippen LogP contribution in [0.3, 0.4) is 0 Å². The number of hydrogen-bond donors (Lipinski definition) is 0. The van der Waals surface area contributed by atoms with E-state index < -0.39 is 17.4 Å². The van der Waals surface area contributed by atoms with Gasteiger partial charge in [0.1, 0.15) is 5.75 Å². The Kier molecular flexibility index (Phi) is 16.8. The Hall–Kier alpha value is -1.55. The van der Waals surface area contributed by atoms with Crippen molar-refractivity contribution in [2.75, 3.05) is 6.61 Å². The number of ether oxygens (including phenoxy) is 2. The van der Waals surface area contributed by atoms with Crippen LogP contribution in [0.4, 0.5) is 0 Å². The van der Waals surface area contributed by atoms with Gasteiger partial charge in [-0.1, -0.05) is 116 Å². The first-order valence-electron chi connectivity index (χ1n) is 14.1. The van der Waals surface area contributed by atoms with Crippen molar-refractivity contribution in [1.82, 2.24) is 0 Å². The third-order valence-corrected chi connectivity index (χ3v) is 7.29. The first kappa shape index (κ1) is 31.5. The van der Waals surface area contributed by atoms with E-state index in [0.29, 0.717) is 30.2 Å². The monoisotopic (exact) mass is 508 g/mol. The molecule has 0 aromatic heterocycles. The smallest absolute Gasteiger partial charge is 0.328 e. The Morgan fingerprint density at radius 2 is 1.23 bits per heavy atom. The Labute approximate surface area is 219 Å². The molecule has 0 aliphatic rings. The van der Waals surface area contributed by atoms with Crippen LogP contribution in [0.1, 0.15) is 129 Å². The minimum atomic E-state index is -1.28. The van der Waals surface area contributed by atoms with E-state index in [-0.39, 0.29) is 0 Å². The SMILES string of the molecule is CCCCCCCCCCCCCCCCOC(=O)C(CC)(CC)C(=O)Oc1ccc(Cl)cc1C. The number of esters is 2. The van der Waals surface area contributed by atoms with Gasteiger partial charge in [0.15, 0.2) is 5.41 Å². The zero-order valence-corrected chi connectivity index (χ0v) is 23.5. The molecule has 5 heteroatoms. The Balaban J connectivity index is 2.23. The molecule has 0 aliphatic heterocycles. The van der Waals surface area contributed by atoms with E-state index in [0.717, 1.165) is 18.4 Å². The van der Waals surface area contributed by atoms with Gasteiger partial charge >= 0.3 is 11.9 Å². The number of carbonyl (C=O) groups is 2. The van der Waals surface area contributed by atoms with E-state index in [2.05, 4.69) is 6.92 Å². The number of hydrogen-bond acceptors (Lipinski definition) is 4. The van der Waals surface area contributed by atoms with E-state index in [1.165, 1.54) is 77.0 Å². The second kappa shape index (κ2) is 18.7. The first-order chi connectivity index (χ1) is 16.9. The number of unbranched alkanes of at least 4 members (excludes halogenated alkanes) is 13. The summed E-state index contributed by atoms with van der Waals surface area (Å²) in [6.07, 6.45) is 18.6. The fourth-order valence-corrected chi connectivity index (χ4v) is 4.66. The summed E-state index contributed by atoms with van der Waals surface area (Å²) in [5.74, 6) is -0.613. The van der Waals surface area contributed by atoms with Gasteiger partial charge in [-0.05, 0) is 49.9 Å². The molecule has 200 valence electrons. The Bertz CT molecular complexity index is 727. The third kappa shape index (κ3) is 11.8. The lowest BCUT2D eigenvalue weighted by Crippen LogP contribution is -2.42. The summed E-state index contributed by atoms with van der Waals surface area (Å²) < 4.78 is 11.1. The first-order valence-corrected chi connectivity index (χ1v) is 14.4. The van der Waals surface area contributed by atoms with E-state index in [1.54, 1.807) is 18.2 Å². The number of carbonyl (C=O) groups excluding carboxylic acids is 2. The lowest BCUT2D eigenvalue weighted by molar-refractivity contribution is -0.168. The molecule has 0 aliphatic carbocycles. The number of aryl methyl sites for hydroxylation is 1. The zero-order chi connectivity index (χ0) is 25.9. The number of benzene rings is 1. The highest BCUT2D eigenvalue weighted by molar-refractivity contribution is 6.30. The van der Waals surface area contributed by atoms with Gasteiger partial charge in [0.2, 0.25) is 0 Å². The van der Waals surface area contributed by atoms with Gasteiger partial charge in [0.25, 0.3) is 0 Å². The molecule has 0 atom stereocenters. The largest absolute Gasteiger partial charge is 0.465 e. The summed E-state index contributed by atoms with van der Waals surface area (Å²) in [6, 6.07) is 5.06. The van der Waals surface area contributed by atoms with Crippen molar-refractivity contribution in [2.45, 2.75) is 130 Å². The van der Waals surface area contributed by atoms with Crippen LogP contribution in [0.25, 0.3) is 0 Å². The predicted octanol–water partition coefficient (Wildman–Crippen LogP) is 9.38. The molecule has 1 rings (SSSR count). The van der Waals surface area contributed by atoms with Crippen molar-refractivity contribution in [3.63, 3.8) is 0 Å². The summed E-state index contributed by atoms with van der Waals surface area (Å²) in [5, 5.41) is 0.576. The molecule has 4 nitrogen and oxygen atoms in total. The second-order valence-electron chi connectivity index (χ2n) is 9.82. The topological polar surface area (TPSA) is 52.6 Å². The molecule has 35 heavy (non-hydrogen) atoms. The van der Waals surface area contributed by atoms with Crippen molar-refractivity contribution in [1.29, 1.82) is 0 Å². The van der Waals surface area contributed by atoms with Crippen LogP contribution < -0.4 is 4.74 Å². The van der Waals surface area contributed by atoms with E-state index in [4.69, 9.17) is 21.1 Å². The molecule has 0 saturated heterocycles. The fourth-order valence-electron chi connectivity index (χ4n) is 4.44. The minimum absolute atomic E-state index is 0.340. The molecule has 1 aromatic carbocycles. The second-order valence-corrected chi connectivity index (χ2v) is 10.3. The molecule has 1 aromatic rings. The van der Waals surface area contributed by atoms with Crippen LogP contribution in [0.15, 0.2) is 18.2 Å². The molecule has 0 unspecified atom stereocenters. The summed E-state index contributed by atoms with van der Waals surface area (Å²) in [6.45, 7) is 8.09. The highest BCUT2D eigenvalue weighted by atomic mass is 35.5. The minimum Gasteiger partial charge on any atom is -0.465 e. The maximum Gasteiger partial charge on any atom is 0.328 e. The quantitative estimate of drug-likeness (QED) is 0.0761. The number of rotatable bonds is 20. The molecule has 0 spiro atoms. The number of halogens is 1. The van der Waals surface area contributed by atoms with Gasteiger partial charge in [-0.25, -0.2) is 0 Å². The lowest BCUT2D eigenvalue weighted by atomic mass is 9.82. The van der Waals surface area contributed by atoms with Gasteiger partial charge in [0, 0.05) is 5.02 Å². The molecule has 0 heterocycles. The Morgan fingerprint density at radius 1 is 0.743 bits per heavy atom. The van der Waals surface area contributed by atoms with Crippen molar-refractivity contribution < 1.29 is 19.1 Å². The highest BCUT2D eigenvalue weighted by Crippen LogP contribution is 2.32. The maximum absolute atomic E-state index is 13.0. The lowest BCUT2D eigenvalue weighted by Gasteiger charge is -2.27. The van der Waals surface area contributed by atoms with Gasteiger partial charge in [0.05, 0.1) is 6.61 Å². The van der Waals surface area contributed by atoms with Crippen LogP contribution in [0, 0.1) is 12.3 Å². The van der Waals surface area contributed by atoms with E-state index >= 15 is 0 Å².